The second-order valence-corrected chi connectivity index (χ2v) is 7.30. The van der Waals surface area contributed by atoms with Crippen molar-refractivity contribution in [2.45, 2.75) is 25.4 Å². The van der Waals surface area contributed by atoms with E-state index in [-0.39, 0.29) is 11.1 Å². The molecule has 0 N–H and O–H groups in total. The van der Waals surface area contributed by atoms with Crippen LogP contribution in [0.3, 0.4) is 0 Å². The molecule has 1 aliphatic rings. The third-order valence-corrected chi connectivity index (χ3v) is 5.12. The van der Waals surface area contributed by atoms with Crippen LogP contribution in [0, 0.1) is 0 Å². The molecule has 150 valence electrons. The highest BCUT2D eigenvalue weighted by Gasteiger charge is 2.50. The molecule has 0 bridgehead atoms. The SMILES string of the molecule is COC(=O)C(c1ccccc1)N(C)C(=O)C(C)(C)N1C(=O)c2ccccc2C1=O. The number of rotatable bonds is 5. The molecule has 3 rings (SSSR count). The number of ether oxygens (including phenoxy) is 1. The van der Waals surface area contributed by atoms with Crippen LogP contribution in [0.25, 0.3) is 0 Å². The second kappa shape index (κ2) is 7.50. The van der Waals surface area contributed by atoms with Crippen molar-refractivity contribution in [3.8, 4) is 0 Å². The largest absolute Gasteiger partial charge is 0.467 e. The minimum Gasteiger partial charge on any atom is -0.467 e. The average molecular weight is 394 g/mol. The highest BCUT2D eigenvalue weighted by atomic mass is 16.5. The van der Waals surface area contributed by atoms with E-state index < -0.39 is 35.3 Å². The van der Waals surface area contributed by atoms with Crippen LogP contribution in [-0.4, -0.2) is 53.2 Å². The van der Waals surface area contributed by atoms with E-state index in [0.29, 0.717) is 5.56 Å². The molecule has 0 aliphatic carbocycles. The highest BCUT2D eigenvalue weighted by molar-refractivity contribution is 6.23. The van der Waals surface area contributed by atoms with Crippen LogP contribution >= 0.6 is 0 Å². The Balaban J connectivity index is 1.96. The Morgan fingerprint density at radius 1 is 0.931 bits per heavy atom. The number of imide groups is 1. The van der Waals surface area contributed by atoms with Gasteiger partial charge in [-0.25, -0.2) is 4.79 Å². The normalized spacial score (nSPS) is 14.4. The molecule has 0 fully saturated rings. The first-order valence-electron chi connectivity index (χ1n) is 9.09. The highest BCUT2D eigenvalue weighted by Crippen LogP contribution is 2.32. The Morgan fingerprint density at radius 3 is 1.90 bits per heavy atom. The van der Waals surface area contributed by atoms with Crippen molar-refractivity contribution in [2.24, 2.45) is 0 Å². The van der Waals surface area contributed by atoms with Crippen molar-refractivity contribution in [1.29, 1.82) is 0 Å². The van der Waals surface area contributed by atoms with Crippen molar-refractivity contribution in [2.75, 3.05) is 14.2 Å². The molecule has 0 saturated carbocycles. The van der Waals surface area contributed by atoms with Gasteiger partial charge in [-0.15, -0.1) is 0 Å². The summed E-state index contributed by atoms with van der Waals surface area (Å²) < 4.78 is 4.89. The Labute approximate surface area is 168 Å². The number of fused-ring (bicyclic) bond motifs is 1. The van der Waals surface area contributed by atoms with Gasteiger partial charge in [-0.2, -0.15) is 0 Å². The van der Waals surface area contributed by atoms with Gasteiger partial charge in [0.05, 0.1) is 18.2 Å². The van der Waals surface area contributed by atoms with Crippen LogP contribution in [0.15, 0.2) is 54.6 Å². The fourth-order valence-electron chi connectivity index (χ4n) is 3.61. The first kappa shape index (κ1) is 20.3. The molecule has 1 aliphatic heterocycles. The molecule has 29 heavy (non-hydrogen) atoms. The minimum atomic E-state index is -1.51. The fraction of sp³-hybridized carbons (Fsp3) is 0.273. The van der Waals surface area contributed by atoms with Crippen molar-refractivity contribution >= 4 is 23.7 Å². The van der Waals surface area contributed by atoms with E-state index >= 15 is 0 Å². The number of amides is 3. The van der Waals surface area contributed by atoms with E-state index in [1.807, 2.05) is 0 Å². The summed E-state index contributed by atoms with van der Waals surface area (Å²) in [7, 11) is 2.70. The zero-order valence-electron chi connectivity index (χ0n) is 16.7. The number of methoxy groups -OCH3 is 1. The van der Waals surface area contributed by atoms with Crippen LogP contribution in [0.4, 0.5) is 0 Å². The maximum atomic E-state index is 13.4. The number of hydrogen-bond acceptors (Lipinski definition) is 5. The predicted molar refractivity (Wildman–Crippen MR) is 105 cm³/mol. The smallest absolute Gasteiger partial charge is 0.333 e. The lowest BCUT2D eigenvalue weighted by molar-refractivity contribution is -0.155. The first-order valence-corrected chi connectivity index (χ1v) is 9.09. The Morgan fingerprint density at radius 2 is 1.41 bits per heavy atom. The summed E-state index contributed by atoms with van der Waals surface area (Å²) in [6.07, 6.45) is 0. The van der Waals surface area contributed by atoms with E-state index in [0.717, 1.165) is 4.90 Å². The number of benzene rings is 2. The summed E-state index contributed by atoms with van der Waals surface area (Å²) in [6.45, 7) is 2.99. The van der Waals surface area contributed by atoms with Crippen molar-refractivity contribution < 1.29 is 23.9 Å². The third-order valence-electron chi connectivity index (χ3n) is 5.12. The summed E-state index contributed by atoms with van der Waals surface area (Å²) in [5.74, 6) is -2.25. The molecule has 0 spiro atoms. The van der Waals surface area contributed by atoms with Gasteiger partial charge in [0, 0.05) is 7.05 Å². The van der Waals surface area contributed by atoms with E-state index in [9.17, 15) is 19.2 Å². The van der Waals surface area contributed by atoms with E-state index in [2.05, 4.69) is 0 Å². The van der Waals surface area contributed by atoms with E-state index in [1.165, 1.54) is 32.9 Å². The fourth-order valence-corrected chi connectivity index (χ4v) is 3.61. The molecule has 3 amide bonds. The molecule has 1 unspecified atom stereocenters. The molecule has 2 aromatic carbocycles. The Bertz CT molecular complexity index is 949. The van der Waals surface area contributed by atoms with Crippen LogP contribution < -0.4 is 0 Å². The Kier molecular flexibility index (Phi) is 5.24. The summed E-state index contributed by atoms with van der Waals surface area (Å²) in [4.78, 5) is 53.7. The molecule has 1 heterocycles. The molecular formula is C22H22N2O5. The van der Waals surface area contributed by atoms with Gasteiger partial charge >= 0.3 is 5.97 Å². The minimum absolute atomic E-state index is 0.258. The third kappa shape index (κ3) is 3.29. The van der Waals surface area contributed by atoms with Gasteiger partial charge in [0.25, 0.3) is 11.8 Å². The van der Waals surface area contributed by atoms with Crippen molar-refractivity contribution in [3.63, 3.8) is 0 Å². The first-order chi connectivity index (χ1) is 13.7. The van der Waals surface area contributed by atoms with Gasteiger partial charge in [0.1, 0.15) is 5.54 Å². The lowest BCUT2D eigenvalue weighted by Gasteiger charge is -2.38. The predicted octanol–water partition coefficient (Wildman–Crippen LogP) is 2.43. The molecular weight excluding hydrogens is 372 g/mol. The number of hydrogen-bond donors (Lipinski definition) is 0. The van der Waals surface area contributed by atoms with Crippen LogP contribution in [0.5, 0.6) is 0 Å². The molecule has 0 radical (unpaired) electrons. The maximum absolute atomic E-state index is 13.4. The van der Waals surface area contributed by atoms with Gasteiger partial charge in [-0.05, 0) is 31.5 Å². The average Bonchev–Trinajstić information content (AvgIpc) is 2.99. The Hall–Kier alpha value is -3.48. The van der Waals surface area contributed by atoms with Crippen LogP contribution in [0.1, 0.15) is 46.2 Å². The topological polar surface area (TPSA) is 84.0 Å². The number of esters is 1. The summed E-state index contributed by atoms with van der Waals surface area (Å²) in [5, 5.41) is 0. The number of carbonyl (C=O) groups is 4. The monoisotopic (exact) mass is 394 g/mol. The molecule has 7 nitrogen and oxygen atoms in total. The second-order valence-electron chi connectivity index (χ2n) is 7.30. The zero-order valence-corrected chi connectivity index (χ0v) is 16.7. The van der Waals surface area contributed by atoms with E-state index in [1.54, 1.807) is 54.6 Å². The van der Waals surface area contributed by atoms with Gasteiger partial charge in [0.2, 0.25) is 5.91 Å². The van der Waals surface area contributed by atoms with Crippen molar-refractivity contribution in [1.82, 2.24) is 9.80 Å². The molecule has 1 atom stereocenters. The van der Waals surface area contributed by atoms with Crippen LogP contribution in [-0.2, 0) is 14.3 Å². The molecule has 0 saturated heterocycles. The number of likely N-dealkylation sites (N-methyl/N-ethyl adjacent to an activating group) is 1. The van der Waals surface area contributed by atoms with Gasteiger partial charge in [0.15, 0.2) is 6.04 Å². The van der Waals surface area contributed by atoms with Gasteiger partial charge in [-0.3, -0.25) is 19.3 Å². The lowest BCUT2D eigenvalue weighted by Crippen LogP contribution is -2.58. The standard InChI is InChI=1S/C22H22N2O5/c1-22(2,24-18(25)15-12-8-9-13-16(15)19(24)26)21(28)23(3)17(20(27)29-4)14-10-6-5-7-11-14/h5-13,17H,1-4H3. The van der Waals surface area contributed by atoms with Gasteiger partial charge in [-0.1, -0.05) is 42.5 Å². The number of nitrogens with zero attached hydrogens (tertiary/aromatic N) is 2. The summed E-state index contributed by atoms with van der Waals surface area (Å²) in [5.41, 5.74) is -0.432. The lowest BCUT2D eigenvalue weighted by atomic mass is 9.97. The summed E-state index contributed by atoms with van der Waals surface area (Å²) >= 11 is 0. The molecule has 7 heteroatoms. The van der Waals surface area contributed by atoms with E-state index in [4.69, 9.17) is 4.74 Å². The number of carbonyl (C=O) groups excluding carboxylic acids is 4. The van der Waals surface area contributed by atoms with Crippen LogP contribution in [0.2, 0.25) is 0 Å². The quantitative estimate of drug-likeness (QED) is 0.575. The van der Waals surface area contributed by atoms with Gasteiger partial charge < -0.3 is 9.64 Å². The molecule has 0 aromatic heterocycles. The zero-order chi connectivity index (χ0) is 21.3. The maximum Gasteiger partial charge on any atom is 0.333 e. The summed E-state index contributed by atoms with van der Waals surface area (Å²) in [6, 6.07) is 14.1. The van der Waals surface area contributed by atoms with Crippen molar-refractivity contribution in [3.05, 3.63) is 71.3 Å². The molecule has 2 aromatic rings.